The monoisotopic (exact) mass is 368 g/mol. The Kier molecular flexibility index (Phi) is 7.26. The molecule has 0 fully saturated rings. The van der Waals surface area contributed by atoms with Crippen molar-refractivity contribution in [2.45, 2.75) is 33.3 Å². The summed E-state index contributed by atoms with van der Waals surface area (Å²) >= 11 is 0. The number of aryl methyl sites for hydroxylation is 1. The molecular weight excluding hydrogens is 344 g/mol. The molecule has 0 aliphatic heterocycles. The van der Waals surface area contributed by atoms with E-state index in [4.69, 9.17) is 4.74 Å². The third-order valence-corrected chi connectivity index (χ3v) is 3.87. The van der Waals surface area contributed by atoms with E-state index in [1.165, 1.54) is 0 Å². The lowest BCUT2D eigenvalue weighted by Crippen LogP contribution is -2.35. The van der Waals surface area contributed by atoms with Gasteiger partial charge in [0.05, 0.1) is 17.9 Å². The summed E-state index contributed by atoms with van der Waals surface area (Å²) in [6, 6.07) is 12.7. The van der Waals surface area contributed by atoms with E-state index in [9.17, 15) is 14.9 Å². The average molecular weight is 368 g/mol. The maximum absolute atomic E-state index is 12.6. The lowest BCUT2D eigenvalue weighted by Gasteiger charge is -2.10. The minimum Gasteiger partial charge on any atom is -0.379 e. The van der Waals surface area contributed by atoms with E-state index in [-0.39, 0.29) is 11.8 Å². The van der Waals surface area contributed by atoms with E-state index >= 15 is 0 Å². The summed E-state index contributed by atoms with van der Waals surface area (Å²) in [6.45, 7) is 6.52. The average Bonchev–Trinajstić information content (AvgIpc) is 3.04. The number of nitriles is 1. The van der Waals surface area contributed by atoms with Crippen LogP contribution in [0, 0.1) is 24.2 Å². The van der Waals surface area contributed by atoms with Gasteiger partial charge in [0.25, 0.3) is 0 Å². The number of Topliss-reactive ketones (excluding diaryl/α,β-unsaturated/α-hetero) is 1. The van der Waals surface area contributed by atoms with Crippen LogP contribution in [0.3, 0.4) is 0 Å². The molecule has 0 bridgehead atoms. The van der Waals surface area contributed by atoms with Gasteiger partial charge in [-0.1, -0.05) is 18.2 Å². The molecule has 1 unspecified atom stereocenters. The highest BCUT2D eigenvalue weighted by Crippen LogP contribution is 2.15. The SMILES string of the molecule is Cc1cc(C(=O)C(C#N)C(=O)NCCCOC(C)C)nn1-c1ccccc1. The number of nitrogens with zero attached hydrogens (tertiary/aromatic N) is 3. The Labute approximate surface area is 158 Å². The van der Waals surface area contributed by atoms with Crippen molar-refractivity contribution >= 4 is 11.7 Å². The molecule has 7 nitrogen and oxygen atoms in total. The molecule has 0 aliphatic carbocycles. The van der Waals surface area contributed by atoms with Crippen LogP contribution in [0.1, 0.15) is 36.5 Å². The Balaban J connectivity index is 2.02. The van der Waals surface area contributed by atoms with Gasteiger partial charge in [0.2, 0.25) is 11.7 Å². The Morgan fingerprint density at radius 2 is 2.00 bits per heavy atom. The van der Waals surface area contributed by atoms with E-state index in [0.717, 1.165) is 11.4 Å². The topological polar surface area (TPSA) is 97.0 Å². The number of hydrogen-bond acceptors (Lipinski definition) is 5. The van der Waals surface area contributed by atoms with Crippen LogP contribution < -0.4 is 5.32 Å². The van der Waals surface area contributed by atoms with Crippen molar-refractivity contribution in [3.8, 4) is 11.8 Å². The van der Waals surface area contributed by atoms with Crippen LogP contribution in [0.25, 0.3) is 5.69 Å². The summed E-state index contributed by atoms with van der Waals surface area (Å²) in [5.41, 5.74) is 1.64. The molecule has 27 heavy (non-hydrogen) atoms. The van der Waals surface area contributed by atoms with Crippen LogP contribution in [-0.2, 0) is 9.53 Å². The standard InChI is InChI=1S/C20H24N4O3/c1-14(2)27-11-7-10-22-20(26)17(13-21)19(25)18-12-15(3)24(23-18)16-8-5-4-6-9-16/h4-6,8-9,12,14,17H,7,10-11H2,1-3H3,(H,22,26). The van der Waals surface area contributed by atoms with E-state index in [1.54, 1.807) is 16.8 Å². The van der Waals surface area contributed by atoms with E-state index in [2.05, 4.69) is 10.4 Å². The van der Waals surface area contributed by atoms with Crippen molar-refractivity contribution in [1.82, 2.24) is 15.1 Å². The molecule has 0 aliphatic rings. The van der Waals surface area contributed by atoms with Crippen LogP contribution in [-0.4, -0.2) is 40.7 Å². The third-order valence-electron chi connectivity index (χ3n) is 3.87. The van der Waals surface area contributed by atoms with E-state index in [1.807, 2.05) is 51.1 Å². The summed E-state index contributed by atoms with van der Waals surface area (Å²) in [5.74, 6) is -2.64. The number of hydrogen-bond donors (Lipinski definition) is 1. The van der Waals surface area contributed by atoms with Crippen LogP contribution in [0.5, 0.6) is 0 Å². The number of carbonyl (C=O) groups is 2. The molecule has 1 N–H and O–H groups in total. The first kappa shape index (κ1) is 20.3. The normalized spacial score (nSPS) is 11.8. The maximum atomic E-state index is 12.6. The van der Waals surface area contributed by atoms with Crippen molar-refractivity contribution in [1.29, 1.82) is 5.26 Å². The molecule has 1 aromatic carbocycles. The van der Waals surface area contributed by atoms with Crippen molar-refractivity contribution < 1.29 is 14.3 Å². The van der Waals surface area contributed by atoms with Gasteiger partial charge in [0.1, 0.15) is 5.69 Å². The molecule has 7 heteroatoms. The van der Waals surface area contributed by atoms with Gasteiger partial charge < -0.3 is 10.1 Å². The summed E-state index contributed by atoms with van der Waals surface area (Å²) < 4.78 is 7.00. The third kappa shape index (κ3) is 5.50. The predicted octanol–water partition coefficient (Wildman–Crippen LogP) is 2.43. The van der Waals surface area contributed by atoms with Crippen LogP contribution in [0.15, 0.2) is 36.4 Å². The first-order valence-corrected chi connectivity index (χ1v) is 8.89. The van der Waals surface area contributed by atoms with Crippen molar-refractivity contribution in [2.24, 2.45) is 5.92 Å². The molecule has 1 amide bonds. The molecule has 2 rings (SSSR count). The highest BCUT2D eigenvalue weighted by Gasteiger charge is 2.29. The summed E-state index contributed by atoms with van der Waals surface area (Å²) in [6.07, 6.45) is 0.731. The molecule has 0 spiro atoms. The molecule has 0 radical (unpaired) electrons. The van der Waals surface area contributed by atoms with E-state index in [0.29, 0.717) is 19.6 Å². The first-order chi connectivity index (χ1) is 12.9. The van der Waals surface area contributed by atoms with Crippen LogP contribution >= 0.6 is 0 Å². The molecule has 1 heterocycles. The number of benzene rings is 1. The zero-order valence-electron chi connectivity index (χ0n) is 15.8. The van der Waals surface area contributed by atoms with Gasteiger partial charge >= 0.3 is 0 Å². The molecule has 142 valence electrons. The summed E-state index contributed by atoms with van der Waals surface area (Å²) in [7, 11) is 0. The van der Waals surface area contributed by atoms with Crippen molar-refractivity contribution in [3.05, 3.63) is 47.8 Å². The largest absolute Gasteiger partial charge is 0.379 e. The minimum absolute atomic E-state index is 0.0983. The minimum atomic E-state index is -1.42. The summed E-state index contributed by atoms with van der Waals surface area (Å²) in [5, 5.41) is 16.2. The fourth-order valence-electron chi connectivity index (χ4n) is 2.51. The number of aromatic nitrogens is 2. The lowest BCUT2D eigenvalue weighted by molar-refractivity contribution is -0.122. The number of amides is 1. The number of carbonyl (C=O) groups excluding carboxylic acids is 2. The Bertz CT molecular complexity index is 821. The zero-order valence-corrected chi connectivity index (χ0v) is 15.8. The Hall–Kier alpha value is -2.98. The number of para-hydroxylation sites is 1. The lowest BCUT2D eigenvalue weighted by atomic mass is 10.0. The van der Waals surface area contributed by atoms with Gasteiger partial charge in [-0.05, 0) is 45.4 Å². The van der Waals surface area contributed by atoms with Crippen molar-refractivity contribution in [2.75, 3.05) is 13.2 Å². The Morgan fingerprint density at radius 3 is 2.63 bits per heavy atom. The van der Waals surface area contributed by atoms with Crippen LogP contribution in [0.2, 0.25) is 0 Å². The quantitative estimate of drug-likeness (QED) is 0.416. The summed E-state index contributed by atoms with van der Waals surface area (Å²) in [4.78, 5) is 24.8. The number of rotatable bonds is 9. The smallest absolute Gasteiger partial charge is 0.245 e. The van der Waals surface area contributed by atoms with Gasteiger partial charge in [-0.15, -0.1) is 0 Å². The van der Waals surface area contributed by atoms with Gasteiger partial charge in [0.15, 0.2) is 5.92 Å². The number of ether oxygens (including phenoxy) is 1. The highest BCUT2D eigenvalue weighted by molar-refractivity contribution is 6.11. The number of nitrogens with one attached hydrogen (secondary N) is 1. The van der Waals surface area contributed by atoms with Gasteiger partial charge in [-0.3, -0.25) is 9.59 Å². The van der Waals surface area contributed by atoms with Gasteiger partial charge in [-0.2, -0.15) is 10.4 Å². The zero-order chi connectivity index (χ0) is 19.8. The second-order valence-corrected chi connectivity index (χ2v) is 6.41. The van der Waals surface area contributed by atoms with Crippen molar-refractivity contribution in [3.63, 3.8) is 0 Å². The Morgan fingerprint density at radius 1 is 1.30 bits per heavy atom. The van der Waals surface area contributed by atoms with E-state index < -0.39 is 17.6 Å². The van der Waals surface area contributed by atoms with Gasteiger partial charge in [0, 0.05) is 18.8 Å². The molecule has 1 atom stereocenters. The maximum Gasteiger partial charge on any atom is 0.245 e. The molecule has 0 saturated heterocycles. The highest BCUT2D eigenvalue weighted by atomic mass is 16.5. The first-order valence-electron chi connectivity index (χ1n) is 8.89. The fourth-order valence-corrected chi connectivity index (χ4v) is 2.51. The van der Waals surface area contributed by atoms with Crippen LogP contribution in [0.4, 0.5) is 0 Å². The second kappa shape index (κ2) is 9.64. The fraction of sp³-hybridized carbons (Fsp3) is 0.400. The molecule has 0 saturated carbocycles. The predicted molar refractivity (Wildman–Crippen MR) is 100 cm³/mol. The van der Waals surface area contributed by atoms with Gasteiger partial charge in [-0.25, -0.2) is 4.68 Å². The molecule has 2 aromatic rings. The molecule has 1 aromatic heterocycles. The number of ketones is 1. The second-order valence-electron chi connectivity index (χ2n) is 6.41. The molecular formula is C20H24N4O3.